The lowest BCUT2D eigenvalue weighted by Crippen LogP contribution is -2.34. The number of hydrogen-bond donors (Lipinski definition) is 3. The molecule has 3 aromatic carbocycles. The lowest BCUT2D eigenvalue weighted by molar-refractivity contribution is 0.101. The summed E-state index contributed by atoms with van der Waals surface area (Å²) in [6.45, 7) is 2.09. The van der Waals surface area contributed by atoms with Crippen LogP contribution in [0.15, 0.2) is 91.1 Å². The zero-order valence-corrected chi connectivity index (χ0v) is 22.5. The van der Waals surface area contributed by atoms with Crippen molar-refractivity contribution in [1.82, 2.24) is 10.3 Å². The molecule has 1 saturated heterocycles. The highest BCUT2D eigenvalue weighted by molar-refractivity contribution is 6.30. The minimum Gasteiger partial charge on any atom is -0.489 e. The zero-order valence-electron chi connectivity index (χ0n) is 21.7. The molecule has 0 radical (unpaired) electrons. The van der Waals surface area contributed by atoms with E-state index >= 15 is 0 Å². The highest BCUT2D eigenvalue weighted by Gasteiger charge is 2.21. The monoisotopic (exact) mass is 556 g/mol. The number of halogens is 1. The third kappa shape index (κ3) is 7.16. The fourth-order valence-electron chi connectivity index (χ4n) is 4.32. The van der Waals surface area contributed by atoms with Gasteiger partial charge < -0.3 is 25.4 Å². The summed E-state index contributed by atoms with van der Waals surface area (Å²) in [5.74, 6) is 0.561. The summed E-state index contributed by atoms with van der Waals surface area (Å²) >= 11 is 5.89. The van der Waals surface area contributed by atoms with Crippen molar-refractivity contribution in [3.05, 3.63) is 113 Å². The molecule has 1 aliphatic rings. The number of rotatable bonds is 9. The Morgan fingerprint density at radius 2 is 1.62 bits per heavy atom. The SMILES string of the molecule is O=C(Nc1ccc(Cl)cn1)c1ccccc1NC(=O)c1ccc(OCc2ccccc2)cc1OC1CCNCC1. The molecule has 0 saturated carbocycles. The van der Waals surface area contributed by atoms with Gasteiger partial charge in [0.15, 0.2) is 0 Å². The van der Waals surface area contributed by atoms with Crippen LogP contribution in [0, 0.1) is 0 Å². The molecule has 2 amide bonds. The molecule has 1 aliphatic heterocycles. The largest absolute Gasteiger partial charge is 0.489 e. The van der Waals surface area contributed by atoms with E-state index in [2.05, 4.69) is 20.9 Å². The number of nitrogens with one attached hydrogen (secondary N) is 3. The van der Waals surface area contributed by atoms with Gasteiger partial charge in [0, 0.05) is 12.3 Å². The number of carbonyl (C=O) groups excluding carboxylic acids is 2. The fraction of sp³-hybridized carbons (Fsp3) is 0.194. The van der Waals surface area contributed by atoms with E-state index in [0.29, 0.717) is 40.2 Å². The first-order chi connectivity index (χ1) is 19.5. The van der Waals surface area contributed by atoms with Gasteiger partial charge in [-0.2, -0.15) is 0 Å². The van der Waals surface area contributed by atoms with Gasteiger partial charge in [-0.1, -0.05) is 54.1 Å². The first-order valence-electron chi connectivity index (χ1n) is 13.1. The molecule has 2 heterocycles. The number of aromatic nitrogens is 1. The summed E-state index contributed by atoms with van der Waals surface area (Å²) in [5.41, 5.74) is 2.03. The van der Waals surface area contributed by atoms with Gasteiger partial charge in [-0.25, -0.2) is 4.98 Å². The van der Waals surface area contributed by atoms with Gasteiger partial charge >= 0.3 is 0 Å². The number of nitrogens with zero attached hydrogens (tertiary/aromatic N) is 1. The maximum absolute atomic E-state index is 13.5. The molecule has 0 unspecified atom stereocenters. The smallest absolute Gasteiger partial charge is 0.259 e. The van der Waals surface area contributed by atoms with E-state index in [1.54, 1.807) is 54.6 Å². The number of para-hydroxylation sites is 1. The van der Waals surface area contributed by atoms with Crippen molar-refractivity contribution in [3.8, 4) is 11.5 Å². The maximum atomic E-state index is 13.5. The summed E-state index contributed by atoms with van der Waals surface area (Å²) in [4.78, 5) is 30.7. The summed E-state index contributed by atoms with van der Waals surface area (Å²) in [7, 11) is 0. The van der Waals surface area contributed by atoms with Crippen LogP contribution < -0.4 is 25.4 Å². The summed E-state index contributed by atoms with van der Waals surface area (Å²) in [6, 6.07) is 25.1. The third-order valence-corrected chi connectivity index (χ3v) is 6.64. The number of ether oxygens (including phenoxy) is 2. The Morgan fingerprint density at radius 3 is 2.40 bits per heavy atom. The zero-order chi connectivity index (χ0) is 27.7. The highest BCUT2D eigenvalue weighted by Crippen LogP contribution is 2.29. The minimum atomic E-state index is -0.415. The molecule has 8 nitrogen and oxygen atoms in total. The first-order valence-corrected chi connectivity index (χ1v) is 13.4. The van der Waals surface area contributed by atoms with Crippen molar-refractivity contribution in [3.63, 3.8) is 0 Å². The van der Waals surface area contributed by atoms with Crippen LogP contribution in [0.25, 0.3) is 0 Å². The van der Waals surface area contributed by atoms with Gasteiger partial charge in [-0.15, -0.1) is 0 Å². The highest BCUT2D eigenvalue weighted by atomic mass is 35.5. The second kappa shape index (κ2) is 13.1. The van der Waals surface area contributed by atoms with Crippen LogP contribution >= 0.6 is 11.6 Å². The summed E-state index contributed by atoms with van der Waals surface area (Å²) < 4.78 is 12.3. The van der Waals surface area contributed by atoms with Crippen LogP contribution in [0.4, 0.5) is 11.5 Å². The van der Waals surface area contributed by atoms with E-state index in [1.165, 1.54) is 6.20 Å². The standard InChI is InChI=1S/C31H29ClN4O4/c32-22-10-13-29(34-19-22)36-30(37)25-8-4-5-9-27(25)35-31(38)26-12-11-24(39-20-21-6-2-1-3-7-21)18-28(26)40-23-14-16-33-17-15-23/h1-13,18-19,23,33H,14-17,20H2,(H,35,38)(H,34,36,37). The van der Waals surface area contributed by atoms with Crippen molar-refractivity contribution >= 4 is 34.9 Å². The minimum absolute atomic E-state index is 0.0258. The number of benzene rings is 3. The molecule has 0 atom stereocenters. The van der Waals surface area contributed by atoms with Crippen LogP contribution in [0.2, 0.25) is 5.02 Å². The number of amides is 2. The molecule has 1 fully saturated rings. The predicted octanol–water partition coefficient (Wildman–Crippen LogP) is 5.95. The number of pyridine rings is 1. The molecular formula is C31H29ClN4O4. The van der Waals surface area contributed by atoms with Crippen LogP contribution in [0.5, 0.6) is 11.5 Å². The van der Waals surface area contributed by atoms with E-state index in [0.717, 1.165) is 31.5 Å². The Morgan fingerprint density at radius 1 is 0.875 bits per heavy atom. The van der Waals surface area contributed by atoms with Crippen LogP contribution in [0.1, 0.15) is 39.1 Å². The van der Waals surface area contributed by atoms with E-state index in [9.17, 15) is 9.59 Å². The fourth-order valence-corrected chi connectivity index (χ4v) is 4.44. The maximum Gasteiger partial charge on any atom is 0.259 e. The van der Waals surface area contributed by atoms with Gasteiger partial charge in [0.1, 0.15) is 30.0 Å². The average Bonchev–Trinajstić information content (AvgIpc) is 2.98. The molecule has 0 bridgehead atoms. The number of hydrogen-bond acceptors (Lipinski definition) is 6. The third-order valence-electron chi connectivity index (χ3n) is 6.41. The van der Waals surface area contributed by atoms with E-state index in [4.69, 9.17) is 21.1 Å². The lowest BCUT2D eigenvalue weighted by Gasteiger charge is -2.25. The van der Waals surface area contributed by atoms with Crippen molar-refractivity contribution in [2.75, 3.05) is 23.7 Å². The molecule has 204 valence electrons. The summed E-state index contributed by atoms with van der Waals surface area (Å²) in [5, 5.41) is 9.40. The van der Waals surface area contributed by atoms with E-state index in [1.807, 2.05) is 30.3 Å². The Labute approximate surface area is 237 Å². The normalized spacial score (nSPS) is 13.3. The second-order valence-corrected chi connectivity index (χ2v) is 9.75. The topological polar surface area (TPSA) is 102 Å². The van der Waals surface area contributed by atoms with Crippen molar-refractivity contribution in [2.24, 2.45) is 0 Å². The number of carbonyl (C=O) groups is 2. The molecule has 4 aromatic rings. The molecule has 0 aliphatic carbocycles. The van der Waals surface area contributed by atoms with E-state index < -0.39 is 11.8 Å². The van der Waals surface area contributed by atoms with Gasteiger partial charge in [-0.3, -0.25) is 9.59 Å². The molecule has 9 heteroatoms. The van der Waals surface area contributed by atoms with Gasteiger partial charge in [-0.05, 0) is 67.9 Å². The van der Waals surface area contributed by atoms with Crippen molar-refractivity contribution in [2.45, 2.75) is 25.6 Å². The van der Waals surface area contributed by atoms with Crippen molar-refractivity contribution < 1.29 is 19.1 Å². The molecule has 40 heavy (non-hydrogen) atoms. The van der Waals surface area contributed by atoms with Crippen molar-refractivity contribution in [1.29, 1.82) is 0 Å². The van der Waals surface area contributed by atoms with Crippen LogP contribution in [-0.4, -0.2) is 36.0 Å². The Bertz CT molecular complexity index is 1460. The molecule has 3 N–H and O–H groups in total. The van der Waals surface area contributed by atoms with Gasteiger partial charge in [0.05, 0.1) is 21.8 Å². The van der Waals surface area contributed by atoms with Crippen LogP contribution in [0.3, 0.4) is 0 Å². The molecule has 0 spiro atoms. The Balaban J connectivity index is 1.35. The average molecular weight is 557 g/mol. The quantitative estimate of drug-likeness (QED) is 0.235. The first kappa shape index (κ1) is 27.2. The summed E-state index contributed by atoms with van der Waals surface area (Å²) in [6.07, 6.45) is 3.08. The van der Waals surface area contributed by atoms with E-state index in [-0.39, 0.29) is 11.7 Å². The number of anilines is 2. The van der Waals surface area contributed by atoms with Crippen LogP contribution in [-0.2, 0) is 6.61 Å². The van der Waals surface area contributed by atoms with Gasteiger partial charge in [0.25, 0.3) is 11.8 Å². The Kier molecular flexibility index (Phi) is 8.90. The number of piperidine rings is 1. The van der Waals surface area contributed by atoms with Gasteiger partial charge in [0.2, 0.25) is 0 Å². The Hall–Kier alpha value is -4.40. The predicted molar refractivity (Wildman–Crippen MR) is 155 cm³/mol. The second-order valence-electron chi connectivity index (χ2n) is 9.31. The lowest BCUT2D eigenvalue weighted by atomic mass is 10.1. The molecule has 5 rings (SSSR count). The molecule has 1 aromatic heterocycles. The molecular weight excluding hydrogens is 528 g/mol.